The molecular weight excluding hydrogens is 180 g/mol. The van der Waals surface area contributed by atoms with Crippen LogP contribution in [0, 0.1) is 5.92 Å². The number of likely N-dealkylation sites (tertiary alicyclic amines) is 1. The number of nitrogens with one attached hydrogen (secondary N) is 1. The SMILES string of the molecule is CC(C)(C)NC(=O)CN1CC(CO)C1. The number of nitrogens with zero attached hydrogens (tertiary/aromatic N) is 1. The van der Waals surface area contributed by atoms with Crippen LogP contribution in [0.5, 0.6) is 0 Å². The lowest BCUT2D eigenvalue weighted by molar-refractivity contribution is -0.125. The Morgan fingerprint density at radius 3 is 2.50 bits per heavy atom. The van der Waals surface area contributed by atoms with Gasteiger partial charge in [-0.2, -0.15) is 0 Å². The lowest BCUT2D eigenvalue weighted by Gasteiger charge is -2.38. The number of carbonyl (C=O) groups excluding carboxylic acids is 1. The van der Waals surface area contributed by atoms with Crippen LogP contribution in [0.1, 0.15) is 20.8 Å². The summed E-state index contributed by atoms with van der Waals surface area (Å²) in [6.45, 7) is 8.28. The van der Waals surface area contributed by atoms with Crippen LogP contribution in [0.4, 0.5) is 0 Å². The van der Waals surface area contributed by atoms with Crippen LogP contribution < -0.4 is 5.32 Å². The van der Waals surface area contributed by atoms with E-state index in [1.165, 1.54) is 0 Å². The molecule has 1 heterocycles. The van der Waals surface area contributed by atoms with Gasteiger partial charge in [-0.05, 0) is 20.8 Å². The summed E-state index contributed by atoms with van der Waals surface area (Å²) >= 11 is 0. The molecule has 0 saturated carbocycles. The molecule has 0 aromatic rings. The summed E-state index contributed by atoms with van der Waals surface area (Å²) < 4.78 is 0. The highest BCUT2D eigenvalue weighted by Crippen LogP contribution is 2.13. The Balaban J connectivity index is 2.17. The monoisotopic (exact) mass is 200 g/mol. The Labute approximate surface area is 85.3 Å². The number of aliphatic hydroxyl groups excluding tert-OH is 1. The van der Waals surface area contributed by atoms with Gasteiger partial charge >= 0.3 is 0 Å². The highest BCUT2D eigenvalue weighted by atomic mass is 16.3. The van der Waals surface area contributed by atoms with E-state index in [0.29, 0.717) is 12.5 Å². The third kappa shape index (κ3) is 3.64. The highest BCUT2D eigenvalue weighted by Gasteiger charge is 2.27. The van der Waals surface area contributed by atoms with E-state index in [1.54, 1.807) is 0 Å². The van der Waals surface area contributed by atoms with E-state index >= 15 is 0 Å². The zero-order valence-electron chi connectivity index (χ0n) is 9.21. The molecule has 1 saturated heterocycles. The molecule has 2 N–H and O–H groups in total. The summed E-state index contributed by atoms with van der Waals surface area (Å²) in [5.41, 5.74) is -0.154. The van der Waals surface area contributed by atoms with Crippen molar-refractivity contribution in [2.24, 2.45) is 5.92 Å². The van der Waals surface area contributed by atoms with Gasteiger partial charge in [-0.25, -0.2) is 0 Å². The van der Waals surface area contributed by atoms with Gasteiger partial charge in [-0.1, -0.05) is 0 Å². The molecule has 0 spiro atoms. The van der Waals surface area contributed by atoms with Crippen molar-refractivity contribution in [1.29, 1.82) is 0 Å². The predicted molar refractivity (Wildman–Crippen MR) is 54.9 cm³/mol. The van der Waals surface area contributed by atoms with Gasteiger partial charge in [0.1, 0.15) is 0 Å². The average Bonchev–Trinajstić information content (AvgIpc) is 1.91. The molecule has 1 rings (SSSR count). The average molecular weight is 200 g/mol. The standard InChI is InChI=1S/C10H20N2O2/c1-10(2,3)11-9(14)6-12-4-8(5-12)7-13/h8,13H,4-7H2,1-3H3,(H,11,14). The molecule has 82 valence electrons. The quantitative estimate of drug-likeness (QED) is 0.665. The first-order valence-corrected chi connectivity index (χ1v) is 5.05. The second-order valence-corrected chi connectivity index (χ2v) is 5.04. The van der Waals surface area contributed by atoms with E-state index < -0.39 is 0 Å². The molecule has 4 nitrogen and oxygen atoms in total. The molecular formula is C10H20N2O2. The molecule has 0 radical (unpaired) electrons. The van der Waals surface area contributed by atoms with Gasteiger partial charge in [0.25, 0.3) is 0 Å². The second-order valence-electron chi connectivity index (χ2n) is 5.04. The van der Waals surface area contributed by atoms with E-state index in [4.69, 9.17) is 5.11 Å². The fraction of sp³-hybridized carbons (Fsp3) is 0.900. The maximum absolute atomic E-state index is 11.4. The summed E-state index contributed by atoms with van der Waals surface area (Å²) in [7, 11) is 0. The Kier molecular flexibility index (Phi) is 3.50. The third-order valence-electron chi connectivity index (χ3n) is 2.17. The normalized spacial score (nSPS) is 19.1. The minimum atomic E-state index is -0.154. The maximum atomic E-state index is 11.4. The van der Waals surface area contributed by atoms with E-state index in [0.717, 1.165) is 13.1 Å². The molecule has 4 heteroatoms. The first kappa shape index (κ1) is 11.5. The Bertz CT molecular complexity index is 205. The minimum absolute atomic E-state index is 0.0638. The van der Waals surface area contributed by atoms with Crippen LogP contribution in [0.15, 0.2) is 0 Å². The summed E-state index contributed by atoms with van der Waals surface area (Å²) in [5.74, 6) is 0.436. The molecule has 1 aliphatic heterocycles. The third-order valence-corrected chi connectivity index (χ3v) is 2.17. The number of amides is 1. The Hall–Kier alpha value is -0.610. The van der Waals surface area contributed by atoms with E-state index in [1.807, 2.05) is 25.7 Å². The number of carbonyl (C=O) groups is 1. The molecule has 1 aliphatic rings. The van der Waals surface area contributed by atoms with E-state index in [9.17, 15) is 4.79 Å². The van der Waals surface area contributed by atoms with Crippen molar-refractivity contribution in [2.75, 3.05) is 26.2 Å². The topological polar surface area (TPSA) is 52.6 Å². The minimum Gasteiger partial charge on any atom is -0.396 e. The number of hydrogen-bond donors (Lipinski definition) is 2. The van der Waals surface area contributed by atoms with Crippen molar-refractivity contribution in [3.8, 4) is 0 Å². The van der Waals surface area contributed by atoms with Crippen LogP contribution in [0.25, 0.3) is 0 Å². The summed E-state index contributed by atoms with van der Waals surface area (Å²) in [6, 6.07) is 0. The van der Waals surface area contributed by atoms with Gasteiger partial charge in [0.05, 0.1) is 6.54 Å². The first-order valence-electron chi connectivity index (χ1n) is 5.05. The van der Waals surface area contributed by atoms with Crippen molar-refractivity contribution < 1.29 is 9.90 Å². The van der Waals surface area contributed by atoms with Gasteiger partial charge in [0.2, 0.25) is 5.91 Å². The van der Waals surface area contributed by atoms with Gasteiger partial charge < -0.3 is 10.4 Å². The lowest BCUT2D eigenvalue weighted by atomic mass is 10.0. The van der Waals surface area contributed by atoms with Crippen LogP contribution in [-0.2, 0) is 4.79 Å². The molecule has 14 heavy (non-hydrogen) atoms. The van der Waals surface area contributed by atoms with Gasteiger partial charge in [0, 0.05) is 31.2 Å². The number of rotatable bonds is 3. The van der Waals surface area contributed by atoms with Crippen molar-refractivity contribution in [3.05, 3.63) is 0 Å². The molecule has 0 aromatic heterocycles. The second kappa shape index (κ2) is 4.28. The molecule has 0 bridgehead atoms. The zero-order valence-corrected chi connectivity index (χ0v) is 9.21. The molecule has 1 fully saturated rings. The van der Waals surface area contributed by atoms with Crippen LogP contribution in [-0.4, -0.2) is 47.7 Å². The summed E-state index contributed by atoms with van der Waals surface area (Å²) in [4.78, 5) is 13.5. The number of hydrogen-bond acceptors (Lipinski definition) is 3. The largest absolute Gasteiger partial charge is 0.396 e. The maximum Gasteiger partial charge on any atom is 0.234 e. The molecule has 0 aromatic carbocycles. The fourth-order valence-electron chi connectivity index (χ4n) is 1.58. The molecule has 0 aliphatic carbocycles. The fourth-order valence-corrected chi connectivity index (χ4v) is 1.58. The van der Waals surface area contributed by atoms with Crippen molar-refractivity contribution in [3.63, 3.8) is 0 Å². The first-order chi connectivity index (χ1) is 6.40. The van der Waals surface area contributed by atoms with Crippen LogP contribution >= 0.6 is 0 Å². The van der Waals surface area contributed by atoms with Crippen LogP contribution in [0.3, 0.4) is 0 Å². The van der Waals surface area contributed by atoms with Gasteiger partial charge in [0.15, 0.2) is 0 Å². The van der Waals surface area contributed by atoms with E-state index in [-0.39, 0.29) is 18.1 Å². The summed E-state index contributed by atoms with van der Waals surface area (Å²) in [6.07, 6.45) is 0. The Morgan fingerprint density at radius 1 is 1.50 bits per heavy atom. The Morgan fingerprint density at radius 2 is 2.07 bits per heavy atom. The molecule has 1 amide bonds. The predicted octanol–water partition coefficient (Wildman–Crippen LogP) is -0.175. The lowest BCUT2D eigenvalue weighted by Crippen LogP contribution is -2.54. The molecule has 0 atom stereocenters. The molecule has 0 unspecified atom stereocenters. The van der Waals surface area contributed by atoms with Crippen molar-refractivity contribution >= 4 is 5.91 Å². The van der Waals surface area contributed by atoms with Crippen molar-refractivity contribution in [2.45, 2.75) is 26.3 Å². The van der Waals surface area contributed by atoms with Gasteiger partial charge in [-0.3, -0.25) is 9.69 Å². The van der Waals surface area contributed by atoms with E-state index in [2.05, 4.69) is 5.32 Å². The smallest absolute Gasteiger partial charge is 0.234 e. The van der Waals surface area contributed by atoms with Crippen LogP contribution in [0.2, 0.25) is 0 Å². The van der Waals surface area contributed by atoms with Gasteiger partial charge in [-0.15, -0.1) is 0 Å². The summed E-state index contributed by atoms with van der Waals surface area (Å²) in [5, 5.41) is 11.7. The number of aliphatic hydroxyl groups is 1. The highest BCUT2D eigenvalue weighted by molar-refractivity contribution is 5.78. The zero-order chi connectivity index (χ0) is 10.8. The van der Waals surface area contributed by atoms with Crippen molar-refractivity contribution in [1.82, 2.24) is 10.2 Å².